The average molecular weight is 1300 g/mol. The molecule has 9 rings (SSSR count). The first kappa shape index (κ1) is 70.4. The molecule has 4 N–H and O–H groups in total. The molecule has 4 aliphatic heterocycles. The molecule has 0 saturated carbocycles. The van der Waals surface area contributed by atoms with E-state index in [1.807, 2.05) is 90.9 Å². The largest absolute Gasteiger partial charge is 0.444 e. The number of hydrogen-bond acceptors (Lipinski definition) is 13. The van der Waals surface area contributed by atoms with E-state index in [4.69, 9.17) is 14.2 Å². The number of hydrogen-bond donors (Lipinski definition) is 4. The van der Waals surface area contributed by atoms with Gasteiger partial charge in [0.2, 0.25) is 35.4 Å². The van der Waals surface area contributed by atoms with Gasteiger partial charge in [-0.05, 0) is 170 Å². The Bertz CT molecular complexity index is 3490. The molecule has 8 atom stereocenters. The molecular formula is C72H97FN10O11. The normalized spacial score (nSPS) is 22.3. The smallest absolute Gasteiger partial charge is 0.410 e. The molecule has 2 saturated heterocycles. The molecule has 8 amide bonds. The number of carbonyl (C=O) groups excluding carboxylic acids is 8. The summed E-state index contributed by atoms with van der Waals surface area (Å²) >= 11 is 0. The molecule has 22 heteroatoms. The molecule has 94 heavy (non-hydrogen) atoms. The van der Waals surface area contributed by atoms with Crippen LogP contribution in [0.2, 0.25) is 0 Å². The number of anilines is 2. The summed E-state index contributed by atoms with van der Waals surface area (Å²) in [7, 11) is 1.45. The SMILES string of the molecule is CC(C(=O)NC(C(=O)N1Cc2cc(NC(=O)CNC(=O)[C@]3(C)CN(C(=O)CN4C[C@@H](C)N(C(=O)OC(C)(C)C)C[C@@H]4CN4CCOC[C@H]4C)c4cc(Cc5ccc(F)cc5)ccc43)ccc2C[C@H]1C(=O)N[C@@H]1CCCc2ccccc21)C(C)(C)C)N(C)C(=O)OC(C)(C)C. The second kappa shape index (κ2) is 28.6. The van der Waals surface area contributed by atoms with Gasteiger partial charge in [0.25, 0.3) is 0 Å². The van der Waals surface area contributed by atoms with Crippen LogP contribution in [0.5, 0.6) is 0 Å². The fourth-order valence-electron chi connectivity index (χ4n) is 13.3. The van der Waals surface area contributed by atoms with Crippen LogP contribution in [0.25, 0.3) is 0 Å². The predicted molar refractivity (Wildman–Crippen MR) is 356 cm³/mol. The lowest BCUT2D eigenvalue weighted by molar-refractivity contribution is -0.147. The van der Waals surface area contributed by atoms with Gasteiger partial charge in [-0.2, -0.15) is 0 Å². The van der Waals surface area contributed by atoms with E-state index in [0.717, 1.165) is 40.7 Å². The number of carbonyl (C=O) groups is 8. The number of likely N-dealkylation sites (N-methyl/N-ethyl adjacent to an activating group) is 1. The van der Waals surface area contributed by atoms with Crippen LogP contribution in [0, 0.1) is 11.2 Å². The lowest BCUT2D eigenvalue weighted by Crippen LogP contribution is -2.64. The monoisotopic (exact) mass is 1300 g/mol. The zero-order valence-electron chi connectivity index (χ0n) is 57.3. The Morgan fingerprint density at radius 1 is 0.798 bits per heavy atom. The van der Waals surface area contributed by atoms with E-state index < -0.39 is 82.5 Å². The van der Waals surface area contributed by atoms with E-state index in [1.54, 1.807) is 68.7 Å². The van der Waals surface area contributed by atoms with Crippen molar-refractivity contribution in [1.29, 1.82) is 0 Å². The molecule has 5 aliphatic rings. The van der Waals surface area contributed by atoms with Gasteiger partial charge in [0.05, 0.1) is 37.8 Å². The summed E-state index contributed by atoms with van der Waals surface area (Å²) in [6.07, 6.45) is 1.90. The van der Waals surface area contributed by atoms with Gasteiger partial charge in [-0.25, -0.2) is 14.0 Å². The highest BCUT2D eigenvalue weighted by atomic mass is 19.1. The standard InChI is InChI=1S/C72H97FN10O11/c1-44-37-80(54(39-79-30-31-92-42-45(79)2)40-81(44)68(91)94-71(10,11)12)41-61(85)83-43-72(13,56-29-24-48(33-58(56)83)32-47-22-26-52(73)27-23-47)66(89)74-36-60(84)75-53-28-25-50-35-59(64(87)76-57-21-17-19-49-18-15-16-20-55(49)57)82(38-51(50)34-53)65(88)62(69(4,5)6)77-63(86)46(3)78(14)67(90)93-70(7,8)9/h15-16,18,20,22-29,33-34,44-46,54,57,59,62H,17,19,21,30-32,35-43H2,1-14H3,(H,74,89)(H,75,84)(H,76,87)(H,77,86)/t44-,45-,46?,54+,57-,59+,62?,72-/m1/s1. The maximum absolute atomic E-state index is 15.3. The summed E-state index contributed by atoms with van der Waals surface area (Å²) in [6, 6.07) is 21.3. The van der Waals surface area contributed by atoms with Gasteiger partial charge in [0.15, 0.2) is 0 Å². The Hall–Kier alpha value is -7.95. The first-order valence-corrected chi connectivity index (χ1v) is 33.0. The number of benzene rings is 4. The number of rotatable bonds is 16. The lowest BCUT2D eigenvalue weighted by Gasteiger charge is -2.47. The van der Waals surface area contributed by atoms with Crippen molar-refractivity contribution < 1.29 is 57.0 Å². The molecule has 2 unspecified atom stereocenters. The minimum absolute atomic E-state index is 0.0180. The quantitative estimate of drug-likeness (QED) is 0.0833. The second-order valence-corrected chi connectivity index (χ2v) is 29.6. The van der Waals surface area contributed by atoms with Crippen molar-refractivity contribution in [3.05, 3.63) is 130 Å². The van der Waals surface area contributed by atoms with Crippen molar-refractivity contribution in [3.63, 3.8) is 0 Å². The number of aryl methyl sites for hydroxylation is 1. The first-order valence-electron chi connectivity index (χ1n) is 33.0. The molecular weight excluding hydrogens is 1200 g/mol. The molecule has 0 spiro atoms. The highest BCUT2D eigenvalue weighted by molar-refractivity contribution is 6.04. The minimum atomic E-state index is -1.33. The Morgan fingerprint density at radius 2 is 1.50 bits per heavy atom. The van der Waals surface area contributed by atoms with Crippen LogP contribution in [0.1, 0.15) is 148 Å². The van der Waals surface area contributed by atoms with Gasteiger partial charge in [-0.1, -0.05) is 75.4 Å². The first-order chi connectivity index (χ1) is 44.2. The van der Waals surface area contributed by atoms with Gasteiger partial charge in [-0.3, -0.25) is 43.5 Å². The van der Waals surface area contributed by atoms with Gasteiger partial charge < -0.3 is 50.2 Å². The third kappa shape index (κ3) is 16.7. The van der Waals surface area contributed by atoms with Crippen molar-refractivity contribution >= 4 is 59.0 Å². The summed E-state index contributed by atoms with van der Waals surface area (Å²) in [6.45, 7) is 26.0. The molecule has 0 radical (unpaired) electrons. The fraction of sp³-hybridized carbons (Fsp3) is 0.556. The van der Waals surface area contributed by atoms with Crippen LogP contribution in [0.4, 0.5) is 25.4 Å². The van der Waals surface area contributed by atoms with Crippen LogP contribution >= 0.6 is 0 Å². The number of nitrogens with one attached hydrogen (secondary N) is 4. The Kier molecular flexibility index (Phi) is 21.4. The molecule has 4 aromatic carbocycles. The van der Waals surface area contributed by atoms with E-state index >= 15 is 9.59 Å². The molecule has 21 nitrogen and oxygen atoms in total. The fourth-order valence-corrected chi connectivity index (χ4v) is 13.3. The van der Waals surface area contributed by atoms with Crippen molar-refractivity contribution in [3.8, 4) is 0 Å². The highest BCUT2D eigenvalue weighted by Gasteiger charge is 2.49. The van der Waals surface area contributed by atoms with Gasteiger partial charge in [-0.15, -0.1) is 0 Å². The van der Waals surface area contributed by atoms with E-state index in [1.165, 1.54) is 29.0 Å². The maximum Gasteiger partial charge on any atom is 0.410 e. The number of halogens is 1. The Labute approximate surface area is 553 Å². The molecule has 0 bridgehead atoms. The van der Waals surface area contributed by atoms with Crippen molar-refractivity contribution in [2.75, 3.05) is 76.3 Å². The zero-order valence-corrected chi connectivity index (χ0v) is 57.3. The zero-order chi connectivity index (χ0) is 68.4. The molecule has 2 fully saturated rings. The molecule has 4 heterocycles. The van der Waals surface area contributed by atoms with Gasteiger partial charge in [0, 0.05) is 82.2 Å². The summed E-state index contributed by atoms with van der Waals surface area (Å²) < 4.78 is 31.2. The summed E-state index contributed by atoms with van der Waals surface area (Å²) in [4.78, 5) is 126. The van der Waals surface area contributed by atoms with Crippen LogP contribution < -0.4 is 26.2 Å². The van der Waals surface area contributed by atoms with E-state index in [2.05, 4.69) is 44.1 Å². The molecule has 4 aromatic rings. The van der Waals surface area contributed by atoms with Crippen LogP contribution in [0.15, 0.2) is 84.9 Å². The second-order valence-electron chi connectivity index (χ2n) is 29.6. The number of morpholine rings is 1. The Morgan fingerprint density at radius 3 is 2.19 bits per heavy atom. The molecule has 508 valence electrons. The van der Waals surface area contributed by atoms with Gasteiger partial charge >= 0.3 is 12.2 Å². The van der Waals surface area contributed by atoms with Crippen molar-refractivity contribution in [1.82, 2.24) is 40.4 Å². The number of fused-ring (bicyclic) bond motifs is 3. The summed E-state index contributed by atoms with van der Waals surface area (Å²) in [5, 5.41) is 12.0. The summed E-state index contributed by atoms with van der Waals surface area (Å²) in [5.74, 6) is -3.11. The van der Waals surface area contributed by atoms with Crippen LogP contribution in [0.3, 0.4) is 0 Å². The number of nitrogens with zero attached hydrogens (tertiary/aromatic N) is 6. The third-order valence-electron chi connectivity index (χ3n) is 18.8. The van der Waals surface area contributed by atoms with Crippen LogP contribution in [-0.4, -0.2) is 186 Å². The molecule has 0 aromatic heterocycles. The summed E-state index contributed by atoms with van der Waals surface area (Å²) in [5.41, 5.74) is 3.07. The van der Waals surface area contributed by atoms with E-state index in [9.17, 15) is 33.2 Å². The number of piperazine rings is 1. The predicted octanol–water partition coefficient (Wildman–Crippen LogP) is 8.04. The third-order valence-corrected chi connectivity index (χ3v) is 18.8. The average Bonchev–Trinajstić information content (AvgIpc) is 1.53. The van der Waals surface area contributed by atoms with E-state index in [-0.39, 0.29) is 67.9 Å². The van der Waals surface area contributed by atoms with E-state index in [0.29, 0.717) is 74.7 Å². The number of amides is 8. The highest BCUT2D eigenvalue weighted by Crippen LogP contribution is 2.43. The van der Waals surface area contributed by atoms with Crippen LogP contribution in [-0.2, 0) is 74.2 Å². The van der Waals surface area contributed by atoms with Crippen molar-refractivity contribution in [2.45, 2.75) is 188 Å². The topological polar surface area (TPSA) is 232 Å². The molecule has 1 aliphatic carbocycles. The minimum Gasteiger partial charge on any atom is -0.444 e. The number of ether oxygens (including phenoxy) is 3. The van der Waals surface area contributed by atoms with Crippen molar-refractivity contribution in [2.24, 2.45) is 5.41 Å². The van der Waals surface area contributed by atoms with Gasteiger partial charge in [0.1, 0.15) is 35.1 Å². The lowest BCUT2D eigenvalue weighted by atomic mass is 9.83. The maximum atomic E-state index is 15.3. The Balaban J connectivity index is 0.933.